The smallest absolute Gasteiger partial charge is 0.222 e. The molecule has 2 fully saturated rings. The normalized spacial score (nSPS) is 25.1. The number of amides is 1. The molecule has 0 aromatic carbocycles. The van der Waals surface area contributed by atoms with Gasteiger partial charge in [-0.05, 0) is 37.5 Å². The van der Waals surface area contributed by atoms with Gasteiger partial charge in [0.1, 0.15) is 9.84 Å². The molecule has 5 nitrogen and oxygen atoms in total. The SMILES string of the molecule is C=C1CC[C@@H]2CN(C(=O)CCCS(C)(=O)=O)CC[C@@H]2N1CC(C)C. The van der Waals surface area contributed by atoms with Gasteiger partial charge in [-0.3, -0.25) is 4.79 Å². The Morgan fingerprint density at radius 3 is 2.67 bits per heavy atom. The van der Waals surface area contributed by atoms with Crippen molar-refractivity contribution in [1.82, 2.24) is 9.80 Å². The Balaban J connectivity index is 1.89. The van der Waals surface area contributed by atoms with Crippen LogP contribution in [0, 0.1) is 11.8 Å². The highest BCUT2D eigenvalue weighted by Crippen LogP contribution is 2.35. The molecule has 2 atom stereocenters. The number of piperidine rings is 2. The van der Waals surface area contributed by atoms with E-state index in [1.54, 1.807) is 0 Å². The summed E-state index contributed by atoms with van der Waals surface area (Å²) in [7, 11) is -2.98. The van der Waals surface area contributed by atoms with Crippen LogP contribution in [0.25, 0.3) is 0 Å². The van der Waals surface area contributed by atoms with Crippen LogP contribution in [0.2, 0.25) is 0 Å². The van der Waals surface area contributed by atoms with Gasteiger partial charge in [0.15, 0.2) is 0 Å². The van der Waals surface area contributed by atoms with Crippen molar-refractivity contribution in [1.29, 1.82) is 0 Å². The molecule has 1 amide bonds. The standard InChI is InChI=1S/C18H32N2O3S/c1-14(2)12-20-15(3)7-8-16-13-19(10-9-17(16)20)18(21)6-5-11-24(4,22)23/h14,16-17H,3,5-13H2,1-2,4H3/t16-,17+/m1/s1. The van der Waals surface area contributed by atoms with Crippen LogP contribution < -0.4 is 0 Å². The van der Waals surface area contributed by atoms with Crippen molar-refractivity contribution in [2.75, 3.05) is 31.6 Å². The maximum absolute atomic E-state index is 12.4. The summed E-state index contributed by atoms with van der Waals surface area (Å²) in [6.45, 7) is 11.3. The molecule has 0 bridgehead atoms. The third-order valence-electron chi connectivity index (χ3n) is 5.12. The molecule has 2 rings (SSSR count). The van der Waals surface area contributed by atoms with E-state index in [0.29, 0.717) is 30.7 Å². The molecule has 2 heterocycles. The van der Waals surface area contributed by atoms with Gasteiger partial charge >= 0.3 is 0 Å². The predicted octanol–water partition coefficient (Wildman–Crippen LogP) is 2.29. The molecule has 6 heteroatoms. The molecule has 0 aromatic rings. The van der Waals surface area contributed by atoms with Gasteiger partial charge in [0.05, 0.1) is 5.75 Å². The zero-order valence-corrected chi connectivity index (χ0v) is 16.1. The number of rotatable bonds is 6. The first-order valence-corrected chi connectivity index (χ1v) is 11.1. The van der Waals surface area contributed by atoms with E-state index >= 15 is 0 Å². The lowest BCUT2D eigenvalue weighted by atomic mass is 9.82. The van der Waals surface area contributed by atoms with Crippen LogP contribution in [-0.4, -0.2) is 61.8 Å². The van der Waals surface area contributed by atoms with E-state index in [1.807, 2.05) is 4.90 Å². The Bertz CT molecular complexity index is 571. The minimum Gasteiger partial charge on any atom is -0.372 e. The van der Waals surface area contributed by atoms with Crippen molar-refractivity contribution in [3.05, 3.63) is 12.3 Å². The van der Waals surface area contributed by atoms with Crippen LogP contribution in [0.4, 0.5) is 0 Å². The lowest BCUT2D eigenvalue weighted by Crippen LogP contribution is -2.54. The van der Waals surface area contributed by atoms with Gasteiger partial charge < -0.3 is 9.80 Å². The second kappa shape index (κ2) is 7.89. The summed E-state index contributed by atoms with van der Waals surface area (Å²) in [5.41, 5.74) is 1.25. The largest absolute Gasteiger partial charge is 0.372 e. The van der Waals surface area contributed by atoms with Crippen LogP contribution in [-0.2, 0) is 14.6 Å². The van der Waals surface area contributed by atoms with Gasteiger partial charge in [-0.25, -0.2) is 8.42 Å². The molecule has 0 aromatic heterocycles. The Labute approximate surface area is 147 Å². The van der Waals surface area contributed by atoms with Crippen LogP contribution in [0.15, 0.2) is 12.3 Å². The number of likely N-dealkylation sites (tertiary alicyclic amines) is 2. The molecule has 2 aliphatic heterocycles. The number of hydrogen-bond donors (Lipinski definition) is 0. The molecule has 0 radical (unpaired) electrons. The van der Waals surface area contributed by atoms with Crippen LogP contribution in [0.3, 0.4) is 0 Å². The average Bonchev–Trinajstić information content (AvgIpc) is 2.48. The lowest BCUT2D eigenvalue weighted by molar-refractivity contribution is -0.134. The fourth-order valence-electron chi connectivity index (χ4n) is 3.97. The van der Waals surface area contributed by atoms with E-state index in [-0.39, 0.29) is 11.7 Å². The fraction of sp³-hybridized carbons (Fsp3) is 0.833. The summed E-state index contributed by atoms with van der Waals surface area (Å²) < 4.78 is 22.4. The minimum absolute atomic E-state index is 0.0978. The van der Waals surface area contributed by atoms with Crippen molar-refractivity contribution in [2.24, 2.45) is 11.8 Å². The van der Waals surface area contributed by atoms with Gasteiger partial charge in [-0.2, -0.15) is 0 Å². The maximum atomic E-state index is 12.4. The Morgan fingerprint density at radius 1 is 1.33 bits per heavy atom. The third kappa shape index (κ3) is 5.23. The second-order valence-corrected chi connectivity index (χ2v) is 10.1. The summed E-state index contributed by atoms with van der Waals surface area (Å²) in [5.74, 6) is 1.33. The minimum atomic E-state index is -2.98. The molecular formula is C18H32N2O3S. The number of allylic oxidation sites excluding steroid dienone is 1. The van der Waals surface area contributed by atoms with Crippen LogP contribution >= 0.6 is 0 Å². The van der Waals surface area contributed by atoms with Crippen molar-refractivity contribution in [3.8, 4) is 0 Å². The molecule has 0 saturated carbocycles. The van der Waals surface area contributed by atoms with E-state index in [2.05, 4.69) is 25.3 Å². The zero-order chi connectivity index (χ0) is 17.9. The number of carbonyl (C=O) groups is 1. The molecule has 2 saturated heterocycles. The van der Waals surface area contributed by atoms with E-state index in [1.165, 1.54) is 12.0 Å². The molecular weight excluding hydrogens is 324 g/mol. The van der Waals surface area contributed by atoms with Gasteiger partial charge in [-0.15, -0.1) is 0 Å². The summed E-state index contributed by atoms with van der Waals surface area (Å²) in [6.07, 6.45) is 5.11. The molecule has 2 aliphatic rings. The molecule has 0 unspecified atom stereocenters. The van der Waals surface area contributed by atoms with E-state index < -0.39 is 9.84 Å². The zero-order valence-electron chi connectivity index (χ0n) is 15.3. The molecule has 24 heavy (non-hydrogen) atoms. The molecule has 138 valence electrons. The highest BCUT2D eigenvalue weighted by molar-refractivity contribution is 7.90. The number of carbonyl (C=O) groups excluding carboxylic acids is 1. The average molecular weight is 357 g/mol. The van der Waals surface area contributed by atoms with Crippen molar-refractivity contribution < 1.29 is 13.2 Å². The first-order chi connectivity index (χ1) is 11.2. The summed E-state index contributed by atoms with van der Waals surface area (Å²) in [6, 6.07) is 0.508. The van der Waals surface area contributed by atoms with Gasteiger partial charge in [-0.1, -0.05) is 20.4 Å². The molecule has 0 spiro atoms. The Hall–Kier alpha value is -1.04. The van der Waals surface area contributed by atoms with Crippen LogP contribution in [0.1, 0.15) is 46.0 Å². The van der Waals surface area contributed by atoms with Crippen molar-refractivity contribution >= 4 is 15.7 Å². The number of nitrogens with zero attached hydrogens (tertiary/aromatic N) is 2. The molecule has 0 aliphatic carbocycles. The van der Waals surface area contributed by atoms with E-state index in [4.69, 9.17) is 0 Å². The topological polar surface area (TPSA) is 57.7 Å². The summed E-state index contributed by atoms with van der Waals surface area (Å²) in [5, 5.41) is 0. The van der Waals surface area contributed by atoms with E-state index in [9.17, 15) is 13.2 Å². The Morgan fingerprint density at radius 2 is 2.04 bits per heavy atom. The highest BCUT2D eigenvalue weighted by Gasteiger charge is 2.38. The fourth-order valence-corrected chi connectivity index (χ4v) is 4.64. The van der Waals surface area contributed by atoms with Gasteiger partial charge in [0, 0.05) is 44.0 Å². The Kier molecular flexibility index (Phi) is 6.34. The maximum Gasteiger partial charge on any atom is 0.222 e. The third-order valence-corrected chi connectivity index (χ3v) is 6.15. The lowest BCUT2D eigenvalue weighted by Gasteiger charge is -2.49. The van der Waals surface area contributed by atoms with Crippen molar-refractivity contribution in [2.45, 2.75) is 52.0 Å². The van der Waals surface area contributed by atoms with E-state index in [0.717, 1.165) is 38.9 Å². The number of sulfone groups is 1. The monoisotopic (exact) mass is 356 g/mol. The van der Waals surface area contributed by atoms with Crippen molar-refractivity contribution in [3.63, 3.8) is 0 Å². The summed E-state index contributed by atoms with van der Waals surface area (Å²) in [4.78, 5) is 16.8. The first kappa shape index (κ1) is 19.3. The predicted molar refractivity (Wildman–Crippen MR) is 97.3 cm³/mol. The number of hydrogen-bond acceptors (Lipinski definition) is 4. The first-order valence-electron chi connectivity index (χ1n) is 9.07. The highest BCUT2D eigenvalue weighted by atomic mass is 32.2. The van der Waals surface area contributed by atoms with Gasteiger partial charge in [0.2, 0.25) is 5.91 Å². The summed E-state index contributed by atoms with van der Waals surface area (Å²) >= 11 is 0. The quantitative estimate of drug-likeness (QED) is 0.733. The van der Waals surface area contributed by atoms with Crippen LogP contribution in [0.5, 0.6) is 0 Å². The molecule has 0 N–H and O–H groups in total. The second-order valence-electron chi connectivity index (χ2n) is 7.84. The number of fused-ring (bicyclic) bond motifs is 1. The van der Waals surface area contributed by atoms with Gasteiger partial charge in [0.25, 0.3) is 0 Å².